The minimum atomic E-state index is -0.0747. The number of nitrogens with zero attached hydrogens (tertiary/aromatic N) is 1. The van der Waals surface area contributed by atoms with E-state index in [9.17, 15) is 0 Å². The number of hydrogen-bond acceptors (Lipinski definition) is 3. The molecule has 0 fully saturated rings. The fourth-order valence-electron chi connectivity index (χ4n) is 1.86. The van der Waals surface area contributed by atoms with Gasteiger partial charge in [0.15, 0.2) is 0 Å². The van der Waals surface area contributed by atoms with Gasteiger partial charge in [0.25, 0.3) is 0 Å². The second kappa shape index (κ2) is 4.32. The Kier molecular flexibility index (Phi) is 3.11. The van der Waals surface area contributed by atoms with Crippen LogP contribution in [0.15, 0.2) is 18.2 Å². The molecule has 1 heterocycles. The zero-order valence-corrected chi connectivity index (χ0v) is 11.8. The van der Waals surface area contributed by atoms with Crippen molar-refractivity contribution in [1.82, 2.24) is 4.98 Å². The van der Waals surface area contributed by atoms with E-state index in [4.69, 9.17) is 22.1 Å². The number of fused-ring (bicyclic) bond motifs is 1. The van der Waals surface area contributed by atoms with Crippen LogP contribution in [0.4, 0.5) is 5.69 Å². The second-order valence-electron chi connectivity index (χ2n) is 5.32. The van der Waals surface area contributed by atoms with Crippen molar-refractivity contribution in [3.8, 4) is 5.75 Å². The van der Waals surface area contributed by atoms with Gasteiger partial charge in [0, 0.05) is 16.8 Å². The molecule has 96 valence electrons. The lowest BCUT2D eigenvalue weighted by Gasteiger charge is -2.20. The number of pyridine rings is 1. The Balaban J connectivity index is 2.85. The van der Waals surface area contributed by atoms with Gasteiger partial charge >= 0.3 is 0 Å². The summed E-state index contributed by atoms with van der Waals surface area (Å²) in [5, 5.41) is 1.36. The van der Waals surface area contributed by atoms with Crippen LogP contribution in [0.1, 0.15) is 26.5 Å². The molecule has 0 saturated heterocycles. The summed E-state index contributed by atoms with van der Waals surface area (Å²) in [5.74, 6) is 0.694. The Bertz CT molecular complexity index is 603. The van der Waals surface area contributed by atoms with E-state index in [1.807, 2.05) is 6.07 Å². The molecule has 0 spiro atoms. The van der Waals surface area contributed by atoms with Gasteiger partial charge in [0.1, 0.15) is 5.75 Å². The fraction of sp³-hybridized carbons (Fsp3) is 0.357. The molecule has 0 aliphatic carbocycles. The van der Waals surface area contributed by atoms with E-state index in [2.05, 4.69) is 25.8 Å². The summed E-state index contributed by atoms with van der Waals surface area (Å²) in [6, 6.07) is 5.47. The lowest BCUT2D eigenvalue weighted by Crippen LogP contribution is -2.14. The molecule has 18 heavy (non-hydrogen) atoms. The van der Waals surface area contributed by atoms with Crippen LogP contribution in [-0.4, -0.2) is 12.1 Å². The zero-order chi connectivity index (χ0) is 13.5. The molecule has 2 rings (SSSR count). The summed E-state index contributed by atoms with van der Waals surface area (Å²) < 4.78 is 5.31. The molecule has 0 saturated carbocycles. The Labute approximate surface area is 112 Å². The fourth-order valence-corrected chi connectivity index (χ4v) is 2.06. The van der Waals surface area contributed by atoms with E-state index in [0.29, 0.717) is 22.0 Å². The predicted molar refractivity (Wildman–Crippen MR) is 76.4 cm³/mol. The smallest absolute Gasteiger partial charge is 0.130 e. The average Bonchev–Trinajstić information content (AvgIpc) is 2.29. The van der Waals surface area contributed by atoms with Gasteiger partial charge in [-0.25, -0.2) is 0 Å². The lowest BCUT2D eigenvalue weighted by molar-refractivity contribution is 0.420. The molecule has 4 heteroatoms. The van der Waals surface area contributed by atoms with Crippen LogP contribution in [0, 0.1) is 0 Å². The summed E-state index contributed by atoms with van der Waals surface area (Å²) in [6.45, 7) is 6.28. The minimum absolute atomic E-state index is 0.0747. The van der Waals surface area contributed by atoms with Gasteiger partial charge in [0.05, 0.1) is 23.0 Å². The number of anilines is 1. The molecule has 3 nitrogen and oxygen atoms in total. The lowest BCUT2D eigenvalue weighted by atomic mass is 9.90. The largest absolute Gasteiger partial charge is 0.496 e. The number of methoxy groups -OCH3 is 1. The number of benzene rings is 1. The molecule has 0 radical (unpaired) electrons. The van der Waals surface area contributed by atoms with Crippen LogP contribution in [0.5, 0.6) is 5.75 Å². The van der Waals surface area contributed by atoms with E-state index in [-0.39, 0.29) is 5.41 Å². The van der Waals surface area contributed by atoms with Crippen LogP contribution < -0.4 is 10.5 Å². The molecular weight excluding hydrogens is 248 g/mol. The maximum absolute atomic E-state index is 6.21. The van der Waals surface area contributed by atoms with E-state index in [1.54, 1.807) is 19.2 Å². The second-order valence-corrected chi connectivity index (χ2v) is 5.73. The number of nitrogen functional groups attached to an aromatic ring is 1. The highest BCUT2D eigenvalue weighted by Crippen LogP contribution is 2.36. The van der Waals surface area contributed by atoms with Crippen molar-refractivity contribution < 1.29 is 4.74 Å². The molecule has 2 N–H and O–H groups in total. The van der Waals surface area contributed by atoms with Crippen molar-refractivity contribution in [1.29, 1.82) is 0 Å². The molecule has 0 amide bonds. The van der Waals surface area contributed by atoms with Crippen LogP contribution in [0.3, 0.4) is 0 Å². The van der Waals surface area contributed by atoms with Gasteiger partial charge in [-0.3, -0.25) is 4.98 Å². The zero-order valence-electron chi connectivity index (χ0n) is 11.0. The topological polar surface area (TPSA) is 48.1 Å². The van der Waals surface area contributed by atoms with E-state index < -0.39 is 0 Å². The molecule has 0 aliphatic rings. The molecule has 1 aromatic carbocycles. The highest BCUT2D eigenvalue weighted by molar-refractivity contribution is 6.35. The van der Waals surface area contributed by atoms with Crippen LogP contribution in [0.2, 0.25) is 5.02 Å². The van der Waals surface area contributed by atoms with Crippen LogP contribution >= 0.6 is 11.6 Å². The third-order valence-corrected chi connectivity index (χ3v) is 3.20. The maximum atomic E-state index is 6.21. The number of hydrogen-bond donors (Lipinski definition) is 1. The summed E-state index contributed by atoms with van der Waals surface area (Å²) in [4.78, 5) is 4.62. The highest BCUT2D eigenvalue weighted by atomic mass is 35.5. The van der Waals surface area contributed by atoms with Gasteiger partial charge in [-0.2, -0.15) is 0 Å². The Morgan fingerprint density at radius 1 is 1.28 bits per heavy atom. The van der Waals surface area contributed by atoms with E-state index in [0.717, 1.165) is 11.1 Å². The first-order chi connectivity index (χ1) is 8.34. The highest BCUT2D eigenvalue weighted by Gasteiger charge is 2.19. The monoisotopic (exact) mass is 264 g/mol. The molecule has 0 atom stereocenters. The van der Waals surface area contributed by atoms with Crippen LogP contribution in [-0.2, 0) is 5.41 Å². The molecule has 0 aliphatic heterocycles. The van der Waals surface area contributed by atoms with Crippen molar-refractivity contribution in [2.24, 2.45) is 0 Å². The molecular formula is C14H17ClN2O. The average molecular weight is 265 g/mol. The summed E-state index contributed by atoms with van der Waals surface area (Å²) in [5.41, 5.74) is 8.30. The first-order valence-corrected chi connectivity index (χ1v) is 6.15. The first kappa shape index (κ1) is 13.0. The normalized spacial score (nSPS) is 11.8. The number of nitrogens with two attached hydrogens (primary N) is 1. The van der Waals surface area contributed by atoms with Gasteiger partial charge < -0.3 is 10.5 Å². The molecule has 0 bridgehead atoms. The third-order valence-electron chi connectivity index (χ3n) is 2.89. The molecule has 2 aromatic rings. The van der Waals surface area contributed by atoms with Crippen molar-refractivity contribution in [2.45, 2.75) is 26.2 Å². The quantitative estimate of drug-likeness (QED) is 0.853. The van der Waals surface area contributed by atoms with Gasteiger partial charge in [-0.15, -0.1) is 0 Å². The number of halogens is 1. The standard InChI is InChI=1S/C14H17ClN2O/c1-14(2,3)11-7-9(16)12-10(18-4)6-5-8(15)13(12)17-11/h5-7H,1-4H3,(H2,16,17). The van der Waals surface area contributed by atoms with Crippen molar-refractivity contribution >= 4 is 28.2 Å². The summed E-state index contributed by atoms with van der Waals surface area (Å²) in [6.07, 6.45) is 0. The van der Waals surface area contributed by atoms with E-state index in [1.165, 1.54) is 0 Å². The third kappa shape index (κ3) is 2.10. The van der Waals surface area contributed by atoms with Crippen molar-refractivity contribution in [2.75, 3.05) is 12.8 Å². The molecule has 0 unspecified atom stereocenters. The van der Waals surface area contributed by atoms with Crippen molar-refractivity contribution in [3.05, 3.63) is 28.9 Å². The maximum Gasteiger partial charge on any atom is 0.130 e. The van der Waals surface area contributed by atoms with Crippen molar-refractivity contribution in [3.63, 3.8) is 0 Å². The summed E-state index contributed by atoms with van der Waals surface area (Å²) >= 11 is 6.21. The van der Waals surface area contributed by atoms with E-state index >= 15 is 0 Å². The van der Waals surface area contributed by atoms with Gasteiger partial charge in [-0.1, -0.05) is 32.4 Å². The summed E-state index contributed by atoms with van der Waals surface area (Å²) in [7, 11) is 1.61. The number of rotatable bonds is 1. The number of ether oxygens (including phenoxy) is 1. The predicted octanol–water partition coefficient (Wildman–Crippen LogP) is 3.78. The SMILES string of the molecule is COc1ccc(Cl)c2nc(C(C)(C)C)cc(N)c12. The minimum Gasteiger partial charge on any atom is -0.496 e. The Morgan fingerprint density at radius 3 is 2.50 bits per heavy atom. The number of aromatic nitrogens is 1. The Hall–Kier alpha value is -1.48. The Morgan fingerprint density at radius 2 is 1.94 bits per heavy atom. The first-order valence-electron chi connectivity index (χ1n) is 5.78. The molecule has 1 aromatic heterocycles. The van der Waals surface area contributed by atoms with Gasteiger partial charge in [0.2, 0.25) is 0 Å². The van der Waals surface area contributed by atoms with Gasteiger partial charge in [-0.05, 0) is 18.2 Å². The van der Waals surface area contributed by atoms with Crippen LogP contribution in [0.25, 0.3) is 10.9 Å².